The van der Waals surface area contributed by atoms with Gasteiger partial charge < -0.3 is 15.5 Å². The van der Waals surface area contributed by atoms with E-state index in [2.05, 4.69) is 5.16 Å². The number of likely N-dealkylation sites (tertiary alicyclic amines) is 1. The molecule has 1 saturated heterocycles. The summed E-state index contributed by atoms with van der Waals surface area (Å²) in [5.74, 6) is -0.699. The molecule has 0 aliphatic carbocycles. The lowest BCUT2D eigenvalue weighted by molar-refractivity contribution is -0.132. The molecule has 2 N–H and O–H groups in total. The Labute approximate surface area is 122 Å². The summed E-state index contributed by atoms with van der Waals surface area (Å²) in [6, 6.07) is 9.12. The number of hydrogen-bond donors (Lipinski definition) is 1. The van der Waals surface area contributed by atoms with Gasteiger partial charge in [-0.1, -0.05) is 35.5 Å². The summed E-state index contributed by atoms with van der Waals surface area (Å²) in [6.07, 6.45) is 1.59. The molecule has 2 atom stereocenters. The minimum atomic E-state index is -0.518. The van der Waals surface area contributed by atoms with Crippen LogP contribution in [0.25, 0.3) is 0 Å². The normalized spacial score (nSPS) is 24.6. The predicted molar refractivity (Wildman–Crippen MR) is 76.2 cm³/mol. The summed E-state index contributed by atoms with van der Waals surface area (Å²) in [7, 11) is 0. The Morgan fingerprint density at radius 3 is 2.76 bits per heavy atom. The highest BCUT2D eigenvalue weighted by atomic mass is 16.6. The van der Waals surface area contributed by atoms with Gasteiger partial charge in [-0.05, 0) is 18.4 Å². The number of oxime groups is 1. The van der Waals surface area contributed by atoms with E-state index in [1.165, 1.54) is 4.90 Å². The molecule has 6 heteroatoms. The second kappa shape index (κ2) is 5.55. The van der Waals surface area contributed by atoms with Gasteiger partial charge in [-0.2, -0.15) is 0 Å². The van der Waals surface area contributed by atoms with Crippen LogP contribution in [0.1, 0.15) is 30.9 Å². The van der Waals surface area contributed by atoms with Crippen LogP contribution < -0.4 is 5.73 Å². The fourth-order valence-electron chi connectivity index (χ4n) is 2.82. The first-order valence-corrected chi connectivity index (χ1v) is 7.04. The third-order valence-corrected chi connectivity index (χ3v) is 3.93. The highest BCUT2D eigenvalue weighted by molar-refractivity contribution is 6.39. The fraction of sp³-hybridized carbons (Fsp3) is 0.400. The van der Waals surface area contributed by atoms with Gasteiger partial charge in [0.25, 0.3) is 5.91 Å². The first kappa shape index (κ1) is 13.6. The lowest BCUT2D eigenvalue weighted by Crippen LogP contribution is -2.46. The molecular formula is C15H17N3O3. The molecule has 1 aromatic carbocycles. The van der Waals surface area contributed by atoms with Gasteiger partial charge in [-0.25, -0.2) is 0 Å². The van der Waals surface area contributed by atoms with Crippen LogP contribution in [0, 0.1) is 0 Å². The average molecular weight is 287 g/mol. The molecule has 2 heterocycles. The van der Waals surface area contributed by atoms with Crippen LogP contribution in [0.4, 0.5) is 0 Å². The van der Waals surface area contributed by atoms with Crippen molar-refractivity contribution >= 4 is 17.5 Å². The standard InChI is InChI=1S/C15H17N3O3/c16-14(19)12-7-4-8-18(12)15(20)11-9-13(21-17-11)10-5-2-1-3-6-10/h1-3,5-6,12-13H,4,7-9H2,(H2,16,19)/t12-,13-/m0/s1. The molecule has 0 bridgehead atoms. The van der Waals surface area contributed by atoms with Crippen molar-refractivity contribution in [2.45, 2.75) is 31.4 Å². The molecule has 3 rings (SSSR count). The van der Waals surface area contributed by atoms with Crippen LogP contribution in [-0.2, 0) is 14.4 Å². The molecule has 0 unspecified atom stereocenters. The Hall–Kier alpha value is -2.37. The molecular weight excluding hydrogens is 270 g/mol. The molecule has 0 aromatic heterocycles. The van der Waals surface area contributed by atoms with E-state index in [9.17, 15) is 9.59 Å². The monoisotopic (exact) mass is 287 g/mol. The number of carbonyl (C=O) groups is 2. The molecule has 2 aliphatic heterocycles. The molecule has 6 nitrogen and oxygen atoms in total. The molecule has 1 aromatic rings. The van der Waals surface area contributed by atoms with Crippen molar-refractivity contribution in [2.24, 2.45) is 10.9 Å². The smallest absolute Gasteiger partial charge is 0.272 e. The zero-order valence-electron chi connectivity index (χ0n) is 11.6. The summed E-state index contributed by atoms with van der Waals surface area (Å²) in [5.41, 5.74) is 6.68. The molecule has 0 spiro atoms. The first-order valence-electron chi connectivity index (χ1n) is 7.04. The zero-order chi connectivity index (χ0) is 14.8. The van der Waals surface area contributed by atoms with E-state index in [-0.39, 0.29) is 12.0 Å². The zero-order valence-corrected chi connectivity index (χ0v) is 11.6. The number of nitrogens with two attached hydrogens (primary N) is 1. The molecule has 0 radical (unpaired) electrons. The summed E-state index contributed by atoms with van der Waals surface area (Å²) >= 11 is 0. The number of primary amides is 1. The largest absolute Gasteiger partial charge is 0.387 e. The molecule has 21 heavy (non-hydrogen) atoms. The molecule has 1 fully saturated rings. The number of carbonyl (C=O) groups excluding carboxylic acids is 2. The second-order valence-electron chi connectivity index (χ2n) is 5.31. The van der Waals surface area contributed by atoms with Crippen LogP contribution in [0.3, 0.4) is 0 Å². The van der Waals surface area contributed by atoms with Crippen molar-refractivity contribution in [3.8, 4) is 0 Å². The molecule has 2 amide bonds. The summed E-state index contributed by atoms with van der Waals surface area (Å²) in [4.78, 5) is 30.7. The Morgan fingerprint density at radius 2 is 2.05 bits per heavy atom. The number of amides is 2. The SMILES string of the molecule is NC(=O)[C@@H]1CCCN1C(=O)C1=NO[C@H](c2ccccc2)C1. The molecule has 110 valence electrons. The van der Waals surface area contributed by atoms with Gasteiger partial charge in [-0.3, -0.25) is 9.59 Å². The van der Waals surface area contributed by atoms with Gasteiger partial charge in [0.2, 0.25) is 5.91 Å². The van der Waals surface area contributed by atoms with Gasteiger partial charge in [0.1, 0.15) is 11.8 Å². The Bertz CT molecular complexity index is 585. The average Bonchev–Trinajstić information content (AvgIpc) is 3.17. The van der Waals surface area contributed by atoms with E-state index in [1.54, 1.807) is 0 Å². The first-order chi connectivity index (χ1) is 10.2. The predicted octanol–water partition coefficient (Wildman–Crippen LogP) is 0.980. The van der Waals surface area contributed by atoms with E-state index in [0.29, 0.717) is 25.1 Å². The maximum absolute atomic E-state index is 12.4. The number of benzene rings is 1. The Kier molecular flexibility index (Phi) is 3.60. The van der Waals surface area contributed by atoms with Crippen molar-refractivity contribution < 1.29 is 14.4 Å². The minimum Gasteiger partial charge on any atom is -0.387 e. The van der Waals surface area contributed by atoms with Crippen LogP contribution in [-0.4, -0.2) is 35.0 Å². The third-order valence-electron chi connectivity index (χ3n) is 3.93. The maximum atomic E-state index is 12.4. The van der Waals surface area contributed by atoms with Gasteiger partial charge in [-0.15, -0.1) is 0 Å². The maximum Gasteiger partial charge on any atom is 0.272 e. The summed E-state index contributed by atoms with van der Waals surface area (Å²) < 4.78 is 0. The van der Waals surface area contributed by atoms with E-state index in [4.69, 9.17) is 10.6 Å². The highest BCUT2D eigenvalue weighted by Gasteiger charge is 2.37. The van der Waals surface area contributed by atoms with Crippen LogP contribution in [0.15, 0.2) is 35.5 Å². The summed E-state index contributed by atoms with van der Waals surface area (Å²) in [5, 5.41) is 3.91. The highest BCUT2D eigenvalue weighted by Crippen LogP contribution is 2.28. The number of hydrogen-bond acceptors (Lipinski definition) is 4. The lowest BCUT2D eigenvalue weighted by Gasteiger charge is -2.21. The number of nitrogens with zero attached hydrogens (tertiary/aromatic N) is 2. The van der Waals surface area contributed by atoms with Crippen LogP contribution >= 0.6 is 0 Å². The van der Waals surface area contributed by atoms with Gasteiger partial charge in [0.05, 0.1) is 0 Å². The van der Waals surface area contributed by atoms with Crippen molar-refractivity contribution in [1.82, 2.24) is 4.90 Å². The van der Waals surface area contributed by atoms with Crippen LogP contribution in [0.5, 0.6) is 0 Å². The van der Waals surface area contributed by atoms with Crippen molar-refractivity contribution in [1.29, 1.82) is 0 Å². The fourth-order valence-corrected chi connectivity index (χ4v) is 2.82. The van der Waals surface area contributed by atoms with Crippen molar-refractivity contribution in [2.75, 3.05) is 6.54 Å². The molecule has 2 aliphatic rings. The van der Waals surface area contributed by atoms with E-state index in [1.807, 2.05) is 30.3 Å². The van der Waals surface area contributed by atoms with Gasteiger partial charge in [0, 0.05) is 13.0 Å². The molecule has 0 saturated carbocycles. The van der Waals surface area contributed by atoms with Gasteiger partial charge in [0.15, 0.2) is 6.10 Å². The van der Waals surface area contributed by atoms with Crippen molar-refractivity contribution in [3.05, 3.63) is 35.9 Å². The Morgan fingerprint density at radius 1 is 1.29 bits per heavy atom. The van der Waals surface area contributed by atoms with E-state index >= 15 is 0 Å². The van der Waals surface area contributed by atoms with Crippen molar-refractivity contribution in [3.63, 3.8) is 0 Å². The van der Waals surface area contributed by atoms with Gasteiger partial charge >= 0.3 is 0 Å². The minimum absolute atomic E-state index is 0.236. The topological polar surface area (TPSA) is 85.0 Å². The third kappa shape index (κ3) is 2.61. The Balaban J connectivity index is 1.68. The lowest BCUT2D eigenvalue weighted by atomic mass is 10.0. The summed E-state index contributed by atoms with van der Waals surface area (Å²) in [6.45, 7) is 0.543. The second-order valence-corrected chi connectivity index (χ2v) is 5.31. The quantitative estimate of drug-likeness (QED) is 0.899. The van der Waals surface area contributed by atoms with E-state index < -0.39 is 11.9 Å². The number of rotatable bonds is 3. The van der Waals surface area contributed by atoms with Crippen LogP contribution in [0.2, 0.25) is 0 Å². The van der Waals surface area contributed by atoms with E-state index in [0.717, 1.165) is 12.0 Å².